The summed E-state index contributed by atoms with van der Waals surface area (Å²) in [5.41, 5.74) is 7.93. The highest BCUT2D eigenvalue weighted by Gasteiger charge is 2.17. The van der Waals surface area contributed by atoms with Gasteiger partial charge in [0.15, 0.2) is 0 Å². The second kappa shape index (κ2) is 10.4. The maximum Gasteiger partial charge on any atom is 0.237 e. The lowest BCUT2D eigenvalue weighted by Crippen LogP contribution is -2.23. The van der Waals surface area contributed by atoms with Crippen molar-refractivity contribution < 1.29 is 9.18 Å². The number of aryl methyl sites for hydroxylation is 1. The van der Waals surface area contributed by atoms with Crippen molar-refractivity contribution >= 4 is 52.5 Å². The normalized spacial score (nSPS) is 11.7. The van der Waals surface area contributed by atoms with Crippen LogP contribution in [0.5, 0.6) is 0 Å². The van der Waals surface area contributed by atoms with Crippen LogP contribution < -0.4 is 16.4 Å². The first kappa shape index (κ1) is 22.8. The van der Waals surface area contributed by atoms with Crippen LogP contribution in [0.4, 0.5) is 27.7 Å². The minimum Gasteiger partial charge on any atom is -0.368 e. The van der Waals surface area contributed by atoms with Gasteiger partial charge in [-0.15, -0.1) is 11.8 Å². The number of benzene rings is 2. The number of carbonyl (C=O) groups excluding carboxylic acids is 1. The molecule has 0 aliphatic carbocycles. The van der Waals surface area contributed by atoms with Crippen LogP contribution in [-0.2, 0) is 17.0 Å². The second-order valence-electron chi connectivity index (χ2n) is 6.64. The molecular weight excluding hydrogens is 439 g/mol. The Kier molecular flexibility index (Phi) is 7.64. The number of carbonyl (C=O) groups is 1. The van der Waals surface area contributed by atoms with Gasteiger partial charge in [0.1, 0.15) is 11.6 Å². The van der Waals surface area contributed by atoms with Crippen molar-refractivity contribution in [3.63, 3.8) is 0 Å². The average molecular weight is 461 g/mol. The molecule has 3 aromatic rings. The number of hydrogen-bond acceptors (Lipinski definition) is 7. The lowest BCUT2D eigenvalue weighted by atomic mass is 10.1. The molecule has 0 bridgehead atoms. The summed E-state index contributed by atoms with van der Waals surface area (Å²) in [6.45, 7) is 3.78. The van der Waals surface area contributed by atoms with Crippen molar-refractivity contribution in [1.29, 1.82) is 0 Å². The Bertz CT molecular complexity index is 1080. The minimum atomic E-state index is -0.591. The van der Waals surface area contributed by atoms with E-state index in [-0.39, 0.29) is 22.6 Å². The Morgan fingerprint density at radius 3 is 2.71 bits per heavy atom. The van der Waals surface area contributed by atoms with Crippen molar-refractivity contribution in [3.05, 3.63) is 64.7 Å². The van der Waals surface area contributed by atoms with Crippen molar-refractivity contribution in [2.75, 3.05) is 16.4 Å². The van der Waals surface area contributed by atoms with E-state index in [1.54, 1.807) is 6.92 Å². The van der Waals surface area contributed by atoms with E-state index in [4.69, 9.17) is 17.3 Å². The van der Waals surface area contributed by atoms with Gasteiger partial charge in [0.2, 0.25) is 17.8 Å². The highest BCUT2D eigenvalue weighted by atomic mass is 35.5. The summed E-state index contributed by atoms with van der Waals surface area (Å²) in [4.78, 5) is 25.1. The fourth-order valence-corrected chi connectivity index (χ4v) is 3.63. The van der Waals surface area contributed by atoms with Gasteiger partial charge in [0, 0.05) is 10.7 Å². The number of hydrogen-bond donors (Lipinski definition) is 3. The number of halogens is 2. The number of nitrogen functional groups attached to an aromatic ring is 1. The van der Waals surface area contributed by atoms with Gasteiger partial charge < -0.3 is 16.4 Å². The molecule has 1 heterocycles. The van der Waals surface area contributed by atoms with Crippen LogP contribution in [0, 0.1) is 5.82 Å². The Labute approximate surface area is 189 Å². The monoisotopic (exact) mass is 460 g/mol. The number of thioether (sulfide) groups is 1. The third-order valence-corrected chi connectivity index (χ3v) is 5.74. The Morgan fingerprint density at radius 2 is 1.97 bits per heavy atom. The first-order chi connectivity index (χ1) is 14.9. The number of nitrogens with zero attached hydrogens (tertiary/aromatic N) is 3. The molecule has 1 amide bonds. The van der Waals surface area contributed by atoms with Gasteiger partial charge in [-0.2, -0.15) is 15.0 Å². The maximum atomic E-state index is 13.9. The quantitative estimate of drug-likeness (QED) is 0.442. The van der Waals surface area contributed by atoms with Crippen LogP contribution in [0.2, 0.25) is 5.02 Å². The molecule has 0 saturated carbocycles. The molecule has 0 spiro atoms. The number of rotatable bonds is 8. The Morgan fingerprint density at radius 1 is 1.19 bits per heavy atom. The summed E-state index contributed by atoms with van der Waals surface area (Å²) < 4.78 is 13.9. The minimum absolute atomic E-state index is 0.0762. The van der Waals surface area contributed by atoms with E-state index in [1.165, 1.54) is 23.9 Å². The summed E-state index contributed by atoms with van der Waals surface area (Å²) in [5.74, 6) is 0.252. The fourth-order valence-electron chi connectivity index (χ4n) is 2.73. The van der Waals surface area contributed by atoms with Crippen molar-refractivity contribution in [3.8, 4) is 0 Å². The van der Waals surface area contributed by atoms with E-state index in [2.05, 4.69) is 32.5 Å². The SMILES string of the molecule is CCc1ccccc1Nc1nc(N)nc(CS[C@H](C)C(=O)Nc2ccc(Cl)cc2F)n1. The average Bonchev–Trinajstić information content (AvgIpc) is 2.74. The van der Waals surface area contributed by atoms with Crippen LogP contribution in [0.15, 0.2) is 42.5 Å². The zero-order valence-electron chi connectivity index (χ0n) is 17.0. The lowest BCUT2D eigenvalue weighted by Gasteiger charge is -2.13. The van der Waals surface area contributed by atoms with E-state index in [1.807, 2.05) is 24.3 Å². The van der Waals surface area contributed by atoms with Gasteiger partial charge in [0.05, 0.1) is 16.7 Å². The van der Waals surface area contributed by atoms with Gasteiger partial charge in [-0.05, 0) is 43.2 Å². The molecule has 3 rings (SSSR count). The highest BCUT2D eigenvalue weighted by molar-refractivity contribution is 7.99. The zero-order valence-corrected chi connectivity index (χ0v) is 18.6. The van der Waals surface area contributed by atoms with Crippen LogP contribution in [-0.4, -0.2) is 26.1 Å². The van der Waals surface area contributed by atoms with Crippen LogP contribution in [0.25, 0.3) is 0 Å². The third kappa shape index (κ3) is 6.28. The van der Waals surface area contributed by atoms with Gasteiger partial charge in [0.25, 0.3) is 0 Å². The molecule has 31 heavy (non-hydrogen) atoms. The van der Waals surface area contributed by atoms with Crippen molar-refractivity contribution in [1.82, 2.24) is 15.0 Å². The molecule has 0 aliphatic rings. The standard InChI is InChI=1S/C21H22ClFN6OS/c1-3-13-6-4-5-7-16(13)26-21-28-18(27-20(24)29-21)11-31-12(2)19(30)25-17-9-8-14(22)10-15(17)23/h4-10,12H,3,11H2,1-2H3,(H,25,30)(H3,24,26,27,28,29)/t12-/m1/s1. The molecule has 0 fully saturated rings. The zero-order chi connectivity index (χ0) is 22.4. The molecule has 0 unspecified atom stereocenters. The van der Waals surface area contributed by atoms with Crippen molar-refractivity contribution in [2.45, 2.75) is 31.3 Å². The second-order valence-corrected chi connectivity index (χ2v) is 8.40. The van der Waals surface area contributed by atoms with Crippen LogP contribution in [0.1, 0.15) is 25.2 Å². The molecule has 0 saturated heterocycles. The van der Waals surface area contributed by atoms with E-state index < -0.39 is 11.1 Å². The topological polar surface area (TPSA) is 106 Å². The van der Waals surface area contributed by atoms with Gasteiger partial charge in [-0.3, -0.25) is 4.79 Å². The summed E-state index contributed by atoms with van der Waals surface area (Å²) in [5, 5.41) is 5.51. The number of aromatic nitrogens is 3. The summed E-state index contributed by atoms with van der Waals surface area (Å²) in [6, 6.07) is 11.9. The molecule has 0 radical (unpaired) electrons. The predicted octanol–water partition coefficient (Wildman–Crippen LogP) is 4.81. The molecular formula is C21H22ClFN6OS. The lowest BCUT2D eigenvalue weighted by molar-refractivity contribution is -0.115. The molecule has 10 heteroatoms. The van der Waals surface area contributed by atoms with E-state index in [0.29, 0.717) is 17.5 Å². The first-order valence-corrected chi connectivity index (χ1v) is 11.0. The number of nitrogens with one attached hydrogen (secondary N) is 2. The van der Waals surface area contributed by atoms with Crippen molar-refractivity contribution in [2.24, 2.45) is 0 Å². The molecule has 162 valence electrons. The molecule has 7 nitrogen and oxygen atoms in total. The Hall–Kier alpha value is -2.91. The fraction of sp³-hybridized carbons (Fsp3) is 0.238. The highest BCUT2D eigenvalue weighted by Crippen LogP contribution is 2.23. The van der Waals surface area contributed by atoms with Gasteiger partial charge in [-0.25, -0.2) is 4.39 Å². The maximum absolute atomic E-state index is 13.9. The Balaban J connectivity index is 1.63. The molecule has 1 atom stereocenters. The molecule has 4 N–H and O–H groups in total. The summed E-state index contributed by atoms with van der Waals surface area (Å²) in [7, 11) is 0. The molecule has 0 aliphatic heterocycles. The smallest absolute Gasteiger partial charge is 0.237 e. The van der Waals surface area contributed by atoms with Gasteiger partial charge >= 0.3 is 0 Å². The first-order valence-electron chi connectivity index (χ1n) is 9.58. The third-order valence-electron chi connectivity index (χ3n) is 4.36. The molecule has 2 aromatic carbocycles. The predicted molar refractivity (Wildman–Crippen MR) is 124 cm³/mol. The number of para-hydroxylation sites is 1. The van der Waals surface area contributed by atoms with Gasteiger partial charge in [-0.1, -0.05) is 36.7 Å². The van der Waals surface area contributed by atoms with E-state index >= 15 is 0 Å². The number of amides is 1. The largest absolute Gasteiger partial charge is 0.368 e. The van der Waals surface area contributed by atoms with Crippen LogP contribution >= 0.6 is 23.4 Å². The summed E-state index contributed by atoms with van der Waals surface area (Å²) >= 11 is 7.04. The summed E-state index contributed by atoms with van der Waals surface area (Å²) in [6.07, 6.45) is 0.854. The van der Waals surface area contributed by atoms with Crippen LogP contribution in [0.3, 0.4) is 0 Å². The van der Waals surface area contributed by atoms with E-state index in [9.17, 15) is 9.18 Å². The number of anilines is 4. The number of nitrogens with two attached hydrogens (primary N) is 1. The van der Waals surface area contributed by atoms with E-state index in [0.717, 1.165) is 23.7 Å². The molecule has 1 aromatic heterocycles.